The molecule has 0 aliphatic carbocycles. The van der Waals surface area contributed by atoms with Crippen LogP contribution in [-0.4, -0.2) is 17.0 Å². The van der Waals surface area contributed by atoms with Gasteiger partial charge in [-0.1, -0.05) is 18.2 Å². The molecule has 0 spiro atoms. The molecule has 0 saturated carbocycles. The monoisotopic (exact) mass is 275 g/mol. The molecule has 102 valence electrons. The third-order valence-corrected chi connectivity index (χ3v) is 2.56. The average molecular weight is 275 g/mol. The Kier molecular flexibility index (Phi) is 3.65. The molecule has 2 aromatic carbocycles. The Hall–Kier alpha value is -2.89. The van der Waals surface area contributed by atoms with Crippen LogP contribution in [0.15, 0.2) is 42.5 Å². The van der Waals surface area contributed by atoms with Gasteiger partial charge in [0.05, 0.1) is 5.56 Å². The van der Waals surface area contributed by atoms with Gasteiger partial charge in [-0.2, -0.15) is 0 Å². The molecule has 20 heavy (non-hydrogen) atoms. The lowest BCUT2D eigenvalue weighted by molar-refractivity contribution is 0.0689. The van der Waals surface area contributed by atoms with Crippen LogP contribution in [-0.2, 0) is 0 Å². The van der Waals surface area contributed by atoms with E-state index in [-0.39, 0.29) is 17.1 Å². The zero-order chi connectivity index (χ0) is 14.7. The Morgan fingerprint density at radius 1 is 1.05 bits per heavy atom. The fraction of sp³-hybridized carbons (Fsp3) is 0. The molecule has 0 aliphatic rings. The molecule has 3 N–H and O–H groups in total. The number of halogens is 1. The van der Waals surface area contributed by atoms with Crippen molar-refractivity contribution in [3.05, 3.63) is 59.4 Å². The van der Waals surface area contributed by atoms with Gasteiger partial charge < -0.3 is 15.6 Å². The maximum Gasteiger partial charge on any atom is 0.342 e. The summed E-state index contributed by atoms with van der Waals surface area (Å²) in [5, 5.41) is 8.99. The summed E-state index contributed by atoms with van der Waals surface area (Å²) in [6, 6.07) is 9.65. The van der Waals surface area contributed by atoms with Crippen molar-refractivity contribution in [2.75, 3.05) is 0 Å². The number of hydrogen-bond acceptors (Lipinski definition) is 3. The number of rotatable bonds is 4. The minimum atomic E-state index is -1.46. The van der Waals surface area contributed by atoms with Crippen molar-refractivity contribution in [1.29, 1.82) is 0 Å². The smallest absolute Gasteiger partial charge is 0.342 e. The van der Waals surface area contributed by atoms with E-state index in [2.05, 4.69) is 0 Å². The standard InChI is InChI=1S/C14H10FNO4/c15-9-5-3-7-11(12(9)14(18)19)20-10-6-2-1-4-8(10)13(16)17/h1-7H,(H2,16,17)(H,18,19). The second-order valence-electron chi connectivity index (χ2n) is 3.88. The number of carboxylic acid groups (broad SMARTS) is 1. The number of nitrogens with two attached hydrogens (primary N) is 1. The van der Waals surface area contributed by atoms with E-state index in [4.69, 9.17) is 15.6 Å². The van der Waals surface area contributed by atoms with Gasteiger partial charge in [-0.3, -0.25) is 4.79 Å². The minimum Gasteiger partial charge on any atom is -0.477 e. The number of ether oxygens (including phenoxy) is 1. The number of para-hydroxylation sites is 1. The Balaban J connectivity index is 2.49. The van der Waals surface area contributed by atoms with Gasteiger partial charge in [-0.25, -0.2) is 9.18 Å². The van der Waals surface area contributed by atoms with Crippen molar-refractivity contribution in [2.45, 2.75) is 0 Å². The van der Waals surface area contributed by atoms with Crippen molar-refractivity contribution in [2.24, 2.45) is 5.73 Å². The zero-order valence-corrected chi connectivity index (χ0v) is 10.2. The van der Waals surface area contributed by atoms with Crippen LogP contribution in [0.5, 0.6) is 11.5 Å². The predicted molar refractivity (Wildman–Crippen MR) is 68.4 cm³/mol. The minimum absolute atomic E-state index is 0.0631. The lowest BCUT2D eigenvalue weighted by Gasteiger charge is -2.11. The number of carbonyl (C=O) groups excluding carboxylic acids is 1. The third kappa shape index (κ3) is 2.59. The van der Waals surface area contributed by atoms with Gasteiger partial charge in [-0.15, -0.1) is 0 Å². The Morgan fingerprint density at radius 3 is 2.35 bits per heavy atom. The van der Waals surface area contributed by atoms with E-state index >= 15 is 0 Å². The molecule has 0 aliphatic heterocycles. The summed E-state index contributed by atoms with van der Waals surface area (Å²) in [6.07, 6.45) is 0. The van der Waals surface area contributed by atoms with Crippen LogP contribution in [0, 0.1) is 5.82 Å². The van der Waals surface area contributed by atoms with E-state index in [1.54, 1.807) is 12.1 Å². The fourth-order valence-electron chi connectivity index (χ4n) is 1.67. The van der Waals surface area contributed by atoms with Crippen LogP contribution >= 0.6 is 0 Å². The lowest BCUT2D eigenvalue weighted by Crippen LogP contribution is -2.12. The topological polar surface area (TPSA) is 89.6 Å². The van der Waals surface area contributed by atoms with Gasteiger partial charge in [0.1, 0.15) is 22.9 Å². The highest BCUT2D eigenvalue weighted by molar-refractivity contribution is 5.96. The summed E-state index contributed by atoms with van der Waals surface area (Å²) in [6.45, 7) is 0. The molecule has 0 atom stereocenters. The second kappa shape index (κ2) is 5.40. The highest BCUT2D eigenvalue weighted by Crippen LogP contribution is 2.29. The quantitative estimate of drug-likeness (QED) is 0.896. The first-order valence-corrected chi connectivity index (χ1v) is 5.59. The highest BCUT2D eigenvalue weighted by Gasteiger charge is 2.19. The van der Waals surface area contributed by atoms with E-state index in [0.717, 1.165) is 6.07 Å². The molecule has 0 aromatic heterocycles. The number of carboxylic acids is 1. The number of hydrogen-bond donors (Lipinski definition) is 2. The van der Waals surface area contributed by atoms with Crippen LogP contribution in [0.25, 0.3) is 0 Å². The Labute approximate surface area is 113 Å². The summed E-state index contributed by atoms with van der Waals surface area (Å²) >= 11 is 0. The summed E-state index contributed by atoms with van der Waals surface area (Å²) in [5.41, 5.74) is 4.66. The molecular weight excluding hydrogens is 265 g/mol. The molecule has 1 amide bonds. The van der Waals surface area contributed by atoms with E-state index in [0.29, 0.717) is 0 Å². The fourth-order valence-corrected chi connectivity index (χ4v) is 1.67. The SMILES string of the molecule is NC(=O)c1ccccc1Oc1cccc(F)c1C(=O)O. The first-order chi connectivity index (χ1) is 9.50. The Morgan fingerprint density at radius 2 is 1.70 bits per heavy atom. The molecule has 2 aromatic rings. The number of aromatic carboxylic acids is 1. The lowest BCUT2D eigenvalue weighted by atomic mass is 10.1. The van der Waals surface area contributed by atoms with Gasteiger partial charge in [0.15, 0.2) is 0 Å². The van der Waals surface area contributed by atoms with Gasteiger partial charge in [-0.05, 0) is 24.3 Å². The Bertz CT molecular complexity index is 685. The van der Waals surface area contributed by atoms with Crippen molar-refractivity contribution in [3.8, 4) is 11.5 Å². The maximum absolute atomic E-state index is 13.5. The van der Waals surface area contributed by atoms with Crippen molar-refractivity contribution in [3.63, 3.8) is 0 Å². The molecule has 0 unspecified atom stereocenters. The van der Waals surface area contributed by atoms with Crippen LogP contribution in [0.2, 0.25) is 0 Å². The number of benzene rings is 2. The van der Waals surface area contributed by atoms with Crippen molar-refractivity contribution >= 4 is 11.9 Å². The molecular formula is C14H10FNO4. The molecule has 0 saturated heterocycles. The highest BCUT2D eigenvalue weighted by atomic mass is 19.1. The molecule has 0 heterocycles. The summed E-state index contributed by atoms with van der Waals surface area (Å²) in [4.78, 5) is 22.3. The summed E-state index contributed by atoms with van der Waals surface area (Å²) in [5.74, 6) is -3.26. The average Bonchev–Trinajstić information content (AvgIpc) is 2.38. The number of amides is 1. The first kappa shape index (κ1) is 13.5. The normalized spacial score (nSPS) is 10.1. The van der Waals surface area contributed by atoms with Crippen LogP contribution < -0.4 is 10.5 Å². The zero-order valence-electron chi connectivity index (χ0n) is 10.2. The van der Waals surface area contributed by atoms with Gasteiger partial charge in [0.2, 0.25) is 0 Å². The summed E-state index contributed by atoms with van der Waals surface area (Å²) in [7, 11) is 0. The molecule has 0 fully saturated rings. The first-order valence-electron chi connectivity index (χ1n) is 5.59. The van der Waals surface area contributed by atoms with E-state index in [1.807, 2.05) is 0 Å². The number of carbonyl (C=O) groups is 2. The molecule has 6 heteroatoms. The van der Waals surface area contributed by atoms with Crippen molar-refractivity contribution < 1.29 is 23.8 Å². The summed E-state index contributed by atoms with van der Waals surface area (Å²) < 4.78 is 18.8. The van der Waals surface area contributed by atoms with Gasteiger partial charge in [0.25, 0.3) is 5.91 Å². The molecule has 2 rings (SSSR count). The molecule has 0 bridgehead atoms. The second-order valence-corrected chi connectivity index (χ2v) is 3.88. The van der Waals surface area contributed by atoms with Crippen LogP contribution in [0.3, 0.4) is 0 Å². The third-order valence-electron chi connectivity index (χ3n) is 2.56. The largest absolute Gasteiger partial charge is 0.477 e. The number of primary amides is 1. The van der Waals surface area contributed by atoms with Crippen LogP contribution in [0.4, 0.5) is 4.39 Å². The molecule has 5 nitrogen and oxygen atoms in total. The van der Waals surface area contributed by atoms with E-state index in [9.17, 15) is 14.0 Å². The maximum atomic E-state index is 13.5. The molecule has 0 radical (unpaired) electrons. The van der Waals surface area contributed by atoms with Gasteiger partial charge >= 0.3 is 5.97 Å². The van der Waals surface area contributed by atoms with Crippen molar-refractivity contribution in [1.82, 2.24) is 0 Å². The van der Waals surface area contributed by atoms with E-state index < -0.39 is 23.3 Å². The predicted octanol–water partition coefficient (Wildman–Crippen LogP) is 2.42. The van der Waals surface area contributed by atoms with E-state index in [1.165, 1.54) is 24.3 Å². The van der Waals surface area contributed by atoms with Gasteiger partial charge in [0, 0.05) is 0 Å². The van der Waals surface area contributed by atoms with Crippen LogP contribution in [0.1, 0.15) is 20.7 Å².